The zero-order chi connectivity index (χ0) is 19.1. The first-order chi connectivity index (χ1) is 12.9. The van der Waals surface area contributed by atoms with Crippen LogP contribution in [0.2, 0.25) is 0 Å². The average molecular weight is 364 g/mol. The summed E-state index contributed by atoms with van der Waals surface area (Å²) < 4.78 is 5.10. The average Bonchev–Trinajstić information content (AvgIpc) is 3.25. The maximum absolute atomic E-state index is 12.2. The highest BCUT2D eigenvalue weighted by Crippen LogP contribution is 2.26. The molecule has 0 radical (unpaired) electrons. The van der Waals surface area contributed by atoms with Crippen LogP contribution in [0.25, 0.3) is 16.8 Å². The van der Waals surface area contributed by atoms with Gasteiger partial charge < -0.3 is 0 Å². The predicted octanol–water partition coefficient (Wildman–Crippen LogP) is 1.89. The fourth-order valence-corrected chi connectivity index (χ4v) is 3.14. The molecule has 0 bridgehead atoms. The summed E-state index contributed by atoms with van der Waals surface area (Å²) in [4.78, 5) is 16.5. The minimum Gasteiger partial charge on any atom is -0.292 e. The third kappa shape index (κ3) is 3.19. The lowest BCUT2D eigenvalue weighted by atomic mass is 10.1. The third-order valence-electron chi connectivity index (χ3n) is 4.45. The molecule has 9 nitrogen and oxygen atoms in total. The van der Waals surface area contributed by atoms with E-state index < -0.39 is 0 Å². The van der Waals surface area contributed by atoms with Gasteiger partial charge in [-0.05, 0) is 38.5 Å². The summed E-state index contributed by atoms with van der Waals surface area (Å²) in [7, 11) is 1.93. The number of nitrogens with zero attached hydrogens (tertiary/aromatic N) is 7. The first-order valence-electron chi connectivity index (χ1n) is 8.56. The number of rotatable bonds is 4. The summed E-state index contributed by atoms with van der Waals surface area (Å²) in [5.74, 6) is 0.0360. The van der Waals surface area contributed by atoms with Crippen LogP contribution >= 0.6 is 0 Å². The molecule has 0 aliphatic heterocycles. The third-order valence-corrected chi connectivity index (χ3v) is 4.45. The molecule has 4 rings (SSSR count). The van der Waals surface area contributed by atoms with E-state index in [4.69, 9.17) is 0 Å². The van der Waals surface area contributed by atoms with Crippen molar-refractivity contribution in [3.63, 3.8) is 0 Å². The topological polar surface area (TPSA) is 94.9 Å². The minimum atomic E-state index is -0.229. The molecule has 0 saturated heterocycles. The van der Waals surface area contributed by atoms with Gasteiger partial charge in [-0.15, -0.1) is 5.10 Å². The van der Waals surface area contributed by atoms with Gasteiger partial charge in [0.2, 0.25) is 11.9 Å². The van der Waals surface area contributed by atoms with Gasteiger partial charge in [0, 0.05) is 36.3 Å². The Kier molecular flexibility index (Phi) is 3.98. The number of amides is 1. The van der Waals surface area contributed by atoms with Crippen molar-refractivity contribution in [2.45, 2.75) is 27.3 Å². The smallest absolute Gasteiger partial charge is 0.249 e. The van der Waals surface area contributed by atoms with Crippen LogP contribution in [-0.4, -0.2) is 40.1 Å². The van der Waals surface area contributed by atoms with Crippen molar-refractivity contribution in [2.24, 2.45) is 7.05 Å². The number of hydrogen-bond donors (Lipinski definition) is 1. The molecule has 27 heavy (non-hydrogen) atoms. The van der Waals surface area contributed by atoms with Crippen LogP contribution in [0.5, 0.6) is 0 Å². The van der Waals surface area contributed by atoms with Crippen LogP contribution in [-0.2, 0) is 18.4 Å². The highest BCUT2D eigenvalue weighted by atomic mass is 16.2. The number of anilines is 1. The summed E-state index contributed by atoms with van der Waals surface area (Å²) in [5, 5.41) is 15.6. The highest BCUT2D eigenvalue weighted by molar-refractivity contribution is 5.88. The predicted molar refractivity (Wildman–Crippen MR) is 100 cm³/mol. The molecule has 4 aromatic heterocycles. The SMILES string of the molecule is Cc1cnn(CC(=O)Nc2nc3ccc(-c4c(C)nn(C)c4C)cn3n2)c1. The van der Waals surface area contributed by atoms with Crippen LogP contribution < -0.4 is 5.32 Å². The molecule has 0 atom stereocenters. The van der Waals surface area contributed by atoms with Gasteiger partial charge in [-0.1, -0.05) is 0 Å². The van der Waals surface area contributed by atoms with Gasteiger partial charge >= 0.3 is 0 Å². The molecule has 138 valence electrons. The first-order valence-corrected chi connectivity index (χ1v) is 8.56. The zero-order valence-electron chi connectivity index (χ0n) is 15.6. The van der Waals surface area contributed by atoms with E-state index >= 15 is 0 Å². The van der Waals surface area contributed by atoms with Gasteiger partial charge in [0.1, 0.15) is 6.54 Å². The van der Waals surface area contributed by atoms with Gasteiger partial charge in [0.05, 0.1) is 11.9 Å². The molecule has 0 unspecified atom stereocenters. The molecule has 0 saturated carbocycles. The van der Waals surface area contributed by atoms with Crippen LogP contribution in [0.15, 0.2) is 30.7 Å². The molecular weight excluding hydrogens is 344 g/mol. The molecule has 1 amide bonds. The van der Waals surface area contributed by atoms with Gasteiger partial charge in [-0.25, -0.2) is 4.52 Å². The lowest BCUT2D eigenvalue weighted by Crippen LogP contribution is -2.19. The van der Waals surface area contributed by atoms with Gasteiger partial charge in [0.25, 0.3) is 0 Å². The molecule has 0 aromatic carbocycles. The molecule has 0 aliphatic carbocycles. The number of aromatic nitrogens is 7. The van der Waals surface area contributed by atoms with Crippen molar-refractivity contribution < 1.29 is 4.79 Å². The zero-order valence-corrected chi connectivity index (χ0v) is 15.6. The van der Waals surface area contributed by atoms with Crippen molar-refractivity contribution in [1.82, 2.24) is 34.2 Å². The summed E-state index contributed by atoms with van der Waals surface area (Å²) in [6, 6.07) is 3.86. The highest BCUT2D eigenvalue weighted by Gasteiger charge is 2.14. The maximum atomic E-state index is 12.2. The molecule has 1 N–H and O–H groups in total. The Morgan fingerprint density at radius 1 is 1.15 bits per heavy atom. The summed E-state index contributed by atoms with van der Waals surface area (Å²) in [6.07, 6.45) is 5.41. The number of aryl methyl sites for hydroxylation is 3. The molecular formula is C18H20N8O. The van der Waals surface area contributed by atoms with Crippen LogP contribution in [0.4, 0.5) is 5.95 Å². The largest absolute Gasteiger partial charge is 0.292 e. The summed E-state index contributed by atoms with van der Waals surface area (Å²) >= 11 is 0. The van der Waals surface area contributed by atoms with Crippen LogP contribution in [0.3, 0.4) is 0 Å². The second kappa shape index (κ2) is 6.35. The van der Waals surface area contributed by atoms with Crippen molar-refractivity contribution in [1.29, 1.82) is 0 Å². The van der Waals surface area contributed by atoms with E-state index in [1.807, 2.05) is 57.0 Å². The number of pyridine rings is 1. The van der Waals surface area contributed by atoms with Gasteiger partial charge in [-0.2, -0.15) is 15.2 Å². The van der Waals surface area contributed by atoms with E-state index in [1.54, 1.807) is 15.4 Å². The Labute approximate surface area is 155 Å². The van der Waals surface area contributed by atoms with E-state index in [0.29, 0.717) is 5.65 Å². The first kappa shape index (κ1) is 17.0. The van der Waals surface area contributed by atoms with Crippen molar-refractivity contribution >= 4 is 17.5 Å². The fraction of sp³-hybridized carbons (Fsp3) is 0.278. The summed E-state index contributed by atoms with van der Waals surface area (Å²) in [5.41, 5.74) is 5.77. The van der Waals surface area contributed by atoms with Crippen molar-refractivity contribution in [3.8, 4) is 11.1 Å². The normalized spacial score (nSPS) is 11.3. The van der Waals surface area contributed by atoms with Crippen molar-refractivity contribution in [3.05, 3.63) is 47.7 Å². The lowest BCUT2D eigenvalue weighted by Gasteiger charge is -2.02. The Hall–Kier alpha value is -3.49. The Balaban J connectivity index is 1.58. The van der Waals surface area contributed by atoms with E-state index in [0.717, 1.165) is 28.1 Å². The van der Waals surface area contributed by atoms with Crippen molar-refractivity contribution in [2.75, 3.05) is 5.32 Å². The molecule has 0 fully saturated rings. The Bertz CT molecular complexity index is 1150. The number of carbonyl (C=O) groups is 1. The van der Waals surface area contributed by atoms with E-state index in [-0.39, 0.29) is 18.4 Å². The maximum Gasteiger partial charge on any atom is 0.249 e. The van der Waals surface area contributed by atoms with Gasteiger partial charge in [0.15, 0.2) is 5.65 Å². The van der Waals surface area contributed by atoms with Crippen LogP contribution in [0.1, 0.15) is 17.0 Å². The molecule has 4 heterocycles. The number of carbonyl (C=O) groups excluding carboxylic acids is 1. The second-order valence-corrected chi connectivity index (χ2v) is 6.59. The standard InChI is InChI=1S/C18H20N8O/c1-11-7-19-25(8-11)10-16(27)21-18-20-15-6-5-14(9-26(15)23-18)17-12(2)22-24(4)13(17)3/h5-9H,10H2,1-4H3,(H,21,23,27). The number of fused-ring (bicyclic) bond motifs is 1. The number of nitrogens with one attached hydrogen (secondary N) is 1. The van der Waals surface area contributed by atoms with E-state index in [2.05, 4.69) is 25.6 Å². The van der Waals surface area contributed by atoms with Crippen LogP contribution in [0, 0.1) is 20.8 Å². The van der Waals surface area contributed by atoms with E-state index in [9.17, 15) is 4.79 Å². The second-order valence-electron chi connectivity index (χ2n) is 6.59. The molecule has 0 aliphatic rings. The van der Waals surface area contributed by atoms with E-state index in [1.165, 1.54) is 0 Å². The van der Waals surface area contributed by atoms with Gasteiger partial charge in [-0.3, -0.25) is 19.5 Å². The fourth-order valence-electron chi connectivity index (χ4n) is 3.14. The Morgan fingerprint density at radius 2 is 1.96 bits per heavy atom. The lowest BCUT2D eigenvalue weighted by molar-refractivity contribution is -0.116. The summed E-state index contributed by atoms with van der Waals surface area (Å²) in [6.45, 7) is 6.05. The number of hydrogen-bond acceptors (Lipinski definition) is 5. The molecule has 9 heteroatoms. The molecule has 4 aromatic rings. The Morgan fingerprint density at radius 3 is 2.63 bits per heavy atom. The minimum absolute atomic E-state index is 0.114. The quantitative estimate of drug-likeness (QED) is 0.597. The molecule has 0 spiro atoms. The monoisotopic (exact) mass is 364 g/mol.